The number of hydrogen-bond donors (Lipinski definition) is 2. The summed E-state index contributed by atoms with van der Waals surface area (Å²) in [6.07, 6.45) is -4.43. The van der Waals surface area contributed by atoms with Gasteiger partial charge in [-0.1, -0.05) is 18.2 Å². The molecule has 0 fully saturated rings. The standard InChI is InChI=1S/C22H17F3N2O3/c23-22(24,25)16-6-8-17(9-7-16)26-20(28)14-30-19-12-10-18(11-13-19)27-21(29)15-4-2-1-3-5-15/h1-13H,14H2,(H,26,28)(H,27,29). The molecule has 0 aliphatic heterocycles. The van der Waals surface area contributed by atoms with Gasteiger partial charge in [0.15, 0.2) is 6.61 Å². The minimum absolute atomic E-state index is 0.232. The highest BCUT2D eigenvalue weighted by Crippen LogP contribution is 2.29. The molecule has 0 saturated heterocycles. The predicted molar refractivity (Wildman–Crippen MR) is 106 cm³/mol. The fourth-order valence-electron chi connectivity index (χ4n) is 2.52. The van der Waals surface area contributed by atoms with E-state index in [1.54, 1.807) is 48.5 Å². The van der Waals surface area contributed by atoms with Gasteiger partial charge in [-0.3, -0.25) is 9.59 Å². The van der Waals surface area contributed by atoms with E-state index in [9.17, 15) is 22.8 Å². The topological polar surface area (TPSA) is 67.4 Å². The summed E-state index contributed by atoms with van der Waals surface area (Å²) in [7, 11) is 0. The second-order valence-electron chi connectivity index (χ2n) is 6.26. The average Bonchev–Trinajstić information content (AvgIpc) is 2.73. The van der Waals surface area contributed by atoms with Gasteiger partial charge in [-0.2, -0.15) is 13.2 Å². The van der Waals surface area contributed by atoms with Crippen molar-refractivity contribution in [3.8, 4) is 5.75 Å². The molecular formula is C22H17F3N2O3. The lowest BCUT2D eigenvalue weighted by Crippen LogP contribution is -2.20. The molecule has 0 bridgehead atoms. The van der Waals surface area contributed by atoms with E-state index in [0.29, 0.717) is 17.0 Å². The van der Waals surface area contributed by atoms with Crippen LogP contribution in [0.15, 0.2) is 78.9 Å². The summed E-state index contributed by atoms with van der Waals surface area (Å²) < 4.78 is 43.0. The van der Waals surface area contributed by atoms with Crippen LogP contribution in [0.5, 0.6) is 5.75 Å². The number of amides is 2. The van der Waals surface area contributed by atoms with Crippen LogP contribution < -0.4 is 15.4 Å². The van der Waals surface area contributed by atoms with E-state index in [1.807, 2.05) is 6.07 Å². The molecule has 0 unspecified atom stereocenters. The van der Waals surface area contributed by atoms with Crippen LogP contribution in [-0.2, 0) is 11.0 Å². The van der Waals surface area contributed by atoms with Crippen LogP contribution in [0, 0.1) is 0 Å². The second-order valence-corrected chi connectivity index (χ2v) is 6.26. The molecule has 154 valence electrons. The highest BCUT2D eigenvalue weighted by Gasteiger charge is 2.29. The van der Waals surface area contributed by atoms with Gasteiger partial charge in [0.1, 0.15) is 5.75 Å². The van der Waals surface area contributed by atoms with E-state index in [1.165, 1.54) is 12.1 Å². The molecule has 2 amide bonds. The first-order chi connectivity index (χ1) is 14.3. The molecule has 30 heavy (non-hydrogen) atoms. The van der Waals surface area contributed by atoms with Crippen molar-refractivity contribution in [3.63, 3.8) is 0 Å². The van der Waals surface area contributed by atoms with E-state index < -0.39 is 17.6 Å². The normalized spacial score (nSPS) is 10.9. The van der Waals surface area contributed by atoms with Crippen molar-refractivity contribution in [3.05, 3.63) is 90.0 Å². The van der Waals surface area contributed by atoms with Crippen molar-refractivity contribution in [2.75, 3.05) is 17.2 Å². The molecule has 8 heteroatoms. The van der Waals surface area contributed by atoms with E-state index >= 15 is 0 Å². The summed E-state index contributed by atoms with van der Waals surface area (Å²) in [5, 5.41) is 5.20. The van der Waals surface area contributed by atoms with Gasteiger partial charge in [0, 0.05) is 16.9 Å². The van der Waals surface area contributed by atoms with Gasteiger partial charge in [0.05, 0.1) is 5.56 Å². The number of ether oxygens (including phenoxy) is 1. The Morgan fingerprint density at radius 3 is 1.93 bits per heavy atom. The number of hydrogen-bond acceptors (Lipinski definition) is 3. The largest absolute Gasteiger partial charge is 0.484 e. The molecule has 0 radical (unpaired) electrons. The molecule has 3 rings (SSSR count). The molecule has 5 nitrogen and oxygen atoms in total. The number of carbonyl (C=O) groups is 2. The number of benzene rings is 3. The zero-order valence-corrected chi connectivity index (χ0v) is 15.6. The molecule has 0 heterocycles. The van der Waals surface area contributed by atoms with Crippen LogP contribution in [-0.4, -0.2) is 18.4 Å². The van der Waals surface area contributed by atoms with Crippen LogP contribution in [0.4, 0.5) is 24.5 Å². The average molecular weight is 414 g/mol. The molecule has 0 aliphatic carbocycles. The highest BCUT2D eigenvalue weighted by atomic mass is 19.4. The summed E-state index contributed by atoms with van der Waals surface area (Å²) in [5.41, 5.74) is 0.523. The van der Waals surface area contributed by atoms with Crippen LogP contribution in [0.1, 0.15) is 15.9 Å². The number of halogens is 3. The molecule has 0 atom stereocenters. The Morgan fingerprint density at radius 1 is 0.767 bits per heavy atom. The Balaban J connectivity index is 1.48. The van der Waals surface area contributed by atoms with E-state index in [2.05, 4.69) is 10.6 Å². The summed E-state index contributed by atoms with van der Waals surface area (Å²) in [6, 6.07) is 19.3. The summed E-state index contributed by atoms with van der Waals surface area (Å²) >= 11 is 0. The second kappa shape index (κ2) is 9.13. The number of rotatable bonds is 6. The van der Waals surface area contributed by atoms with Gasteiger partial charge in [-0.25, -0.2) is 0 Å². The van der Waals surface area contributed by atoms with Crippen LogP contribution in [0.3, 0.4) is 0 Å². The lowest BCUT2D eigenvalue weighted by Gasteiger charge is -2.10. The van der Waals surface area contributed by atoms with Crippen molar-refractivity contribution >= 4 is 23.2 Å². The SMILES string of the molecule is O=C(COc1ccc(NC(=O)c2ccccc2)cc1)Nc1ccc(C(F)(F)F)cc1. The number of alkyl halides is 3. The summed E-state index contributed by atoms with van der Waals surface area (Å²) in [5.74, 6) is -0.369. The first kappa shape index (κ1) is 20.9. The fourth-order valence-corrected chi connectivity index (χ4v) is 2.52. The van der Waals surface area contributed by atoms with Crippen molar-refractivity contribution in [2.45, 2.75) is 6.18 Å². The van der Waals surface area contributed by atoms with Crippen molar-refractivity contribution in [2.24, 2.45) is 0 Å². The number of anilines is 2. The summed E-state index contributed by atoms with van der Waals surface area (Å²) in [4.78, 5) is 24.0. The van der Waals surface area contributed by atoms with E-state index in [-0.39, 0.29) is 18.2 Å². The first-order valence-corrected chi connectivity index (χ1v) is 8.87. The van der Waals surface area contributed by atoms with Gasteiger partial charge in [-0.15, -0.1) is 0 Å². The lowest BCUT2D eigenvalue weighted by molar-refractivity contribution is -0.137. The highest BCUT2D eigenvalue weighted by molar-refractivity contribution is 6.04. The van der Waals surface area contributed by atoms with Gasteiger partial charge < -0.3 is 15.4 Å². The molecular weight excluding hydrogens is 397 g/mol. The smallest absolute Gasteiger partial charge is 0.416 e. The molecule has 0 saturated carbocycles. The van der Waals surface area contributed by atoms with Gasteiger partial charge in [0.25, 0.3) is 11.8 Å². The number of nitrogens with one attached hydrogen (secondary N) is 2. The van der Waals surface area contributed by atoms with Gasteiger partial charge in [0.2, 0.25) is 0 Å². The van der Waals surface area contributed by atoms with Crippen molar-refractivity contribution in [1.82, 2.24) is 0 Å². The van der Waals surface area contributed by atoms with Gasteiger partial charge >= 0.3 is 6.18 Å². The molecule has 2 N–H and O–H groups in total. The molecule has 0 aromatic heterocycles. The maximum atomic E-state index is 12.5. The maximum Gasteiger partial charge on any atom is 0.416 e. The van der Waals surface area contributed by atoms with Crippen molar-refractivity contribution in [1.29, 1.82) is 0 Å². The third-order valence-electron chi connectivity index (χ3n) is 4.01. The van der Waals surface area contributed by atoms with E-state index in [0.717, 1.165) is 12.1 Å². The van der Waals surface area contributed by atoms with Crippen LogP contribution in [0.25, 0.3) is 0 Å². The minimum atomic E-state index is -4.43. The summed E-state index contributed by atoms with van der Waals surface area (Å²) in [6.45, 7) is -0.323. The Hall–Kier alpha value is -3.81. The van der Waals surface area contributed by atoms with Crippen molar-refractivity contribution < 1.29 is 27.5 Å². The van der Waals surface area contributed by atoms with Crippen LogP contribution >= 0.6 is 0 Å². The third-order valence-corrected chi connectivity index (χ3v) is 4.01. The molecule has 3 aromatic carbocycles. The zero-order chi connectivity index (χ0) is 21.6. The van der Waals surface area contributed by atoms with Gasteiger partial charge in [-0.05, 0) is 60.7 Å². The lowest BCUT2D eigenvalue weighted by atomic mass is 10.2. The van der Waals surface area contributed by atoms with E-state index in [4.69, 9.17) is 4.74 Å². The Labute approximate surface area is 170 Å². The Morgan fingerprint density at radius 2 is 1.33 bits per heavy atom. The van der Waals surface area contributed by atoms with Crippen LogP contribution in [0.2, 0.25) is 0 Å². The minimum Gasteiger partial charge on any atom is -0.484 e. The Bertz CT molecular complexity index is 1000. The molecule has 0 spiro atoms. The number of carbonyl (C=O) groups excluding carboxylic acids is 2. The molecule has 0 aliphatic rings. The monoisotopic (exact) mass is 414 g/mol. The fraction of sp³-hybridized carbons (Fsp3) is 0.0909. The molecule has 3 aromatic rings. The predicted octanol–water partition coefficient (Wildman–Crippen LogP) is 4.98. The zero-order valence-electron chi connectivity index (χ0n) is 15.6. The quantitative estimate of drug-likeness (QED) is 0.598. The maximum absolute atomic E-state index is 12.5. The first-order valence-electron chi connectivity index (χ1n) is 8.87. The third kappa shape index (κ3) is 5.84. The Kier molecular flexibility index (Phi) is 6.36.